The fourth-order valence-corrected chi connectivity index (χ4v) is 6.45. The van der Waals surface area contributed by atoms with Gasteiger partial charge in [0.2, 0.25) is 5.91 Å². The van der Waals surface area contributed by atoms with Crippen LogP contribution in [0.2, 0.25) is 0 Å². The molecule has 5 heterocycles. The molecular weight excluding hydrogens is 516 g/mol. The number of thiophene rings is 1. The van der Waals surface area contributed by atoms with E-state index in [9.17, 15) is 9.59 Å². The molecule has 0 N–H and O–H groups in total. The van der Waals surface area contributed by atoms with Gasteiger partial charge in [0, 0.05) is 42.7 Å². The molecule has 4 aromatic heterocycles. The van der Waals surface area contributed by atoms with Gasteiger partial charge in [0.25, 0.3) is 5.91 Å². The maximum Gasteiger partial charge on any atom is 0.270 e. The minimum absolute atomic E-state index is 0.0744. The average Bonchev–Trinajstić information content (AvgIpc) is 3.76. The van der Waals surface area contributed by atoms with Gasteiger partial charge >= 0.3 is 0 Å². The summed E-state index contributed by atoms with van der Waals surface area (Å²) in [5.41, 5.74) is 2.57. The Morgan fingerprint density at radius 3 is 2.84 bits per heavy atom. The first-order valence-electron chi connectivity index (χ1n) is 12.7. The highest BCUT2D eigenvalue weighted by Gasteiger charge is 2.30. The highest BCUT2D eigenvalue weighted by Crippen LogP contribution is 2.34. The summed E-state index contributed by atoms with van der Waals surface area (Å²) in [6, 6.07) is 17.5. The Labute approximate surface area is 228 Å². The van der Waals surface area contributed by atoms with Gasteiger partial charge in [0.05, 0.1) is 10.9 Å². The molecule has 1 saturated heterocycles. The average molecular weight is 543 g/mol. The van der Waals surface area contributed by atoms with Gasteiger partial charge in [-0.05, 0) is 54.5 Å². The van der Waals surface area contributed by atoms with Crippen molar-refractivity contribution in [2.75, 3.05) is 18.0 Å². The molecule has 2 amide bonds. The molecule has 5 aromatic rings. The number of amides is 2. The largest absolute Gasteiger partial charge is 0.454 e. The summed E-state index contributed by atoms with van der Waals surface area (Å²) in [6.07, 6.45) is 6.45. The number of nitrogens with zero attached hydrogens (tertiary/aromatic N) is 4. The van der Waals surface area contributed by atoms with Crippen LogP contribution < -0.4 is 4.90 Å². The number of carbonyl (C=O) groups excluding carboxylic acids is 2. The Balaban J connectivity index is 1.18. The lowest BCUT2D eigenvalue weighted by Crippen LogP contribution is -2.34. The zero-order valence-electron chi connectivity index (χ0n) is 20.7. The topological polar surface area (TPSA) is 79.5 Å². The third kappa shape index (κ3) is 4.99. The first-order valence-corrected chi connectivity index (χ1v) is 14.4. The summed E-state index contributed by atoms with van der Waals surface area (Å²) >= 11 is 2.81. The van der Waals surface area contributed by atoms with Gasteiger partial charge in [-0.15, -0.1) is 22.7 Å². The minimum Gasteiger partial charge on any atom is -0.454 e. The van der Waals surface area contributed by atoms with E-state index in [0.29, 0.717) is 40.8 Å². The Morgan fingerprint density at radius 1 is 1.11 bits per heavy atom. The maximum absolute atomic E-state index is 13.4. The van der Waals surface area contributed by atoms with Crippen LogP contribution in [0.1, 0.15) is 47.0 Å². The fourth-order valence-electron chi connectivity index (χ4n) is 4.94. The fraction of sp³-hybridized carbons (Fsp3) is 0.241. The predicted octanol–water partition coefficient (Wildman–Crippen LogP) is 6.80. The van der Waals surface area contributed by atoms with Crippen LogP contribution in [0.25, 0.3) is 22.4 Å². The van der Waals surface area contributed by atoms with E-state index in [4.69, 9.17) is 9.40 Å². The highest BCUT2D eigenvalue weighted by atomic mass is 32.1. The minimum atomic E-state index is -0.104. The molecule has 0 radical (unpaired) electrons. The second-order valence-electron chi connectivity index (χ2n) is 9.23. The van der Waals surface area contributed by atoms with Crippen LogP contribution in [0.5, 0.6) is 0 Å². The van der Waals surface area contributed by atoms with Gasteiger partial charge in [-0.25, -0.2) is 4.98 Å². The van der Waals surface area contributed by atoms with Crippen molar-refractivity contribution in [2.45, 2.75) is 31.7 Å². The van der Waals surface area contributed by atoms with Crippen molar-refractivity contribution in [3.05, 3.63) is 88.2 Å². The van der Waals surface area contributed by atoms with Crippen molar-refractivity contribution in [3.8, 4) is 11.5 Å². The van der Waals surface area contributed by atoms with Gasteiger partial charge in [-0.2, -0.15) is 0 Å². The van der Waals surface area contributed by atoms with Gasteiger partial charge < -0.3 is 9.32 Å². The van der Waals surface area contributed by atoms with E-state index in [0.717, 1.165) is 35.9 Å². The lowest BCUT2D eigenvalue weighted by Gasteiger charge is -2.25. The van der Waals surface area contributed by atoms with Crippen LogP contribution in [0, 0.1) is 0 Å². The second kappa shape index (κ2) is 10.9. The molecule has 1 fully saturated rings. The van der Waals surface area contributed by atoms with Crippen molar-refractivity contribution in [1.29, 1.82) is 0 Å². The van der Waals surface area contributed by atoms with E-state index in [1.807, 2.05) is 76.5 Å². The van der Waals surface area contributed by atoms with Gasteiger partial charge in [0.1, 0.15) is 11.3 Å². The molecule has 1 aliphatic rings. The van der Waals surface area contributed by atoms with E-state index < -0.39 is 0 Å². The maximum atomic E-state index is 13.4. The van der Waals surface area contributed by atoms with E-state index in [1.165, 1.54) is 22.7 Å². The van der Waals surface area contributed by atoms with Crippen LogP contribution in [0.3, 0.4) is 0 Å². The zero-order chi connectivity index (χ0) is 25.9. The summed E-state index contributed by atoms with van der Waals surface area (Å²) in [5, 5.41) is 5.41. The molecule has 1 aromatic carbocycles. The summed E-state index contributed by atoms with van der Waals surface area (Å²) in [5.74, 6) is 0.678. The summed E-state index contributed by atoms with van der Waals surface area (Å²) in [7, 11) is 0. The van der Waals surface area contributed by atoms with Crippen molar-refractivity contribution in [1.82, 2.24) is 14.9 Å². The van der Waals surface area contributed by atoms with E-state index in [-0.39, 0.29) is 17.9 Å². The number of thiazole rings is 1. The highest BCUT2D eigenvalue weighted by molar-refractivity contribution is 7.14. The molecule has 1 atom stereocenters. The van der Waals surface area contributed by atoms with Crippen molar-refractivity contribution >= 4 is 50.6 Å². The molecule has 38 heavy (non-hydrogen) atoms. The molecule has 0 bridgehead atoms. The molecule has 0 saturated carbocycles. The number of furan rings is 1. The van der Waals surface area contributed by atoms with E-state index in [2.05, 4.69) is 4.98 Å². The summed E-state index contributed by atoms with van der Waals surface area (Å²) in [4.78, 5) is 39.9. The van der Waals surface area contributed by atoms with Gasteiger partial charge in [0.15, 0.2) is 10.9 Å². The van der Waals surface area contributed by atoms with Crippen LogP contribution >= 0.6 is 22.7 Å². The molecule has 1 aliphatic heterocycles. The van der Waals surface area contributed by atoms with Crippen molar-refractivity contribution in [2.24, 2.45) is 0 Å². The number of para-hydroxylation sites is 1. The predicted molar refractivity (Wildman–Crippen MR) is 150 cm³/mol. The van der Waals surface area contributed by atoms with Gasteiger partial charge in [-0.3, -0.25) is 19.5 Å². The Hall–Kier alpha value is -3.82. The molecule has 1 unspecified atom stereocenters. The molecule has 6 rings (SSSR count). The van der Waals surface area contributed by atoms with Crippen LogP contribution in [0.4, 0.5) is 5.13 Å². The van der Waals surface area contributed by atoms with Crippen molar-refractivity contribution in [3.63, 3.8) is 0 Å². The smallest absolute Gasteiger partial charge is 0.270 e. The SMILES string of the molecule is O=C(c1cccs1)N(CCCC(=O)N1CCCC1c1cccnc1)c1nc(-c2cc3ccccc3o2)cs1. The number of anilines is 1. The van der Waals surface area contributed by atoms with Crippen molar-refractivity contribution < 1.29 is 14.0 Å². The normalized spacial score (nSPS) is 15.3. The number of aromatic nitrogens is 2. The number of hydrogen-bond acceptors (Lipinski definition) is 7. The van der Waals surface area contributed by atoms with Crippen LogP contribution in [-0.4, -0.2) is 39.8 Å². The Bertz CT molecular complexity index is 1510. The number of likely N-dealkylation sites (tertiary alicyclic amines) is 1. The second-order valence-corrected chi connectivity index (χ2v) is 11.0. The van der Waals surface area contributed by atoms with Crippen LogP contribution in [-0.2, 0) is 4.79 Å². The van der Waals surface area contributed by atoms with Crippen LogP contribution in [0.15, 0.2) is 82.2 Å². The summed E-state index contributed by atoms with van der Waals surface area (Å²) in [6.45, 7) is 1.16. The quantitative estimate of drug-likeness (QED) is 0.215. The van der Waals surface area contributed by atoms with E-state index >= 15 is 0 Å². The molecule has 0 aliphatic carbocycles. The Kier molecular flexibility index (Phi) is 7.02. The number of fused-ring (bicyclic) bond motifs is 1. The first kappa shape index (κ1) is 24.5. The molecule has 192 valence electrons. The molecule has 7 nitrogen and oxygen atoms in total. The standard InChI is InChI=1S/C29H26N4O3S2/c34-27(32-14-4-9-23(32)21-8-3-13-30-18-21)12-5-15-33(28(35)26-11-6-16-37-26)29-31-22(19-38-29)25-17-20-7-1-2-10-24(20)36-25/h1-3,6-8,10-11,13,16-19,23H,4-5,9,12,14-15H2. The first-order chi connectivity index (χ1) is 18.7. The third-order valence-corrected chi connectivity index (χ3v) is 8.51. The number of benzene rings is 1. The molecule has 0 spiro atoms. The lowest BCUT2D eigenvalue weighted by atomic mass is 10.1. The zero-order valence-corrected chi connectivity index (χ0v) is 22.3. The Morgan fingerprint density at radius 2 is 2.03 bits per heavy atom. The summed E-state index contributed by atoms with van der Waals surface area (Å²) < 4.78 is 5.98. The monoisotopic (exact) mass is 542 g/mol. The number of rotatable bonds is 8. The lowest BCUT2D eigenvalue weighted by molar-refractivity contribution is -0.132. The number of carbonyl (C=O) groups is 2. The number of hydrogen-bond donors (Lipinski definition) is 0. The van der Waals surface area contributed by atoms with Gasteiger partial charge in [-0.1, -0.05) is 30.3 Å². The third-order valence-electron chi connectivity index (χ3n) is 6.79. The molecule has 9 heteroatoms. The van der Waals surface area contributed by atoms with E-state index in [1.54, 1.807) is 11.1 Å². The number of pyridine rings is 1. The molecular formula is C29H26N4O3S2.